The minimum Gasteiger partial charge on any atom is -0.497 e. The molecule has 3 heterocycles. The van der Waals surface area contributed by atoms with E-state index in [1.165, 1.54) is 0 Å². The molecule has 1 aromatic carbocycles. The fraction of sp³-hybridized carbons (Fsp3) is 0.227. The van der Waals surface area contributed by atoms with Crippen LogP contribution in [0.2, 0.25) is 0 Å². The molecule has 1 aliphatic heterocycles. The van der Waals surface area contributed by atoms with Crippen LogP contribution >= 0.6 is 22.9 Å². The Bertz CT molecular complexity index is 1170. The van der Waals surface area contributed by atoms with Crippen molar-refractivity contribution in [3.05, 3.63) is 75.4 Å². The molecule has 0 saturated heterocycles. The van der Waals surface area contributed by atoms with Crippen LogP contribution in [0.4, 0.5) is 5.95 Å². The molecule has 0 aliphatic carbocycles. The van der Waals surface area contributed by atoms with Crippen LogP contribution in [0.15, 0.2) is 63.6 Å². The van der Waals surface area contributed by atoms with E-state index in [1.807, 2.05) is 62.2 Å². The maximum absolute atomic E-state index is 6.05. The van der Waals surface area contributed by atoms with Crippen molar-refractivity contribution >= 4 is 34.6 Å². The lowest BCUT2D eigenvalue weighted by Crippen LogP contribution is -2.20. The summed E-state index contributed by atoms with van der Waals surface area (Å²) in [7, 11) is 1.67. The van der Waals surface area contributed by atoms with Crippen molar-refractivity contribution in [1.29, 1.82) is 0 Å². The number of aryl methyl sites for hydroxylation is 1. The van der Waals surface area contributed by atoms with Crippen LogP contribution in [-0.2, 0) is 6.54 Å². The molecule has 0 N–H and O–H groups in total. The molecule has 2 aromatic heterocycles. The smallest absolute Gasteiger partial charge is 0.253 e. The van der Waals surface area contributed by atoms with E-state index in [0.29, 0.717) is 12.5 Å². The molecule has 0 fully saturated rings. The van der Waals surface area contributed by atoms with Crippen LogP contribution in [-0.4, -0.2) is 27.6 Å². The predicted molar refractivity (Wildman–Crippen MR) is 123 cm³/mol. The van der Waals surface area contributed by atoms with Gasteiger partial charge >= 0.3 is 0 Å². The molecule has 4 rings (SSSR count). The molecule has 0 unspecified atom stereocenters. The van der Waals surface area contributed by atoms with Crippen molar-refractivity contribution < 1.29 is 4.74 Å². The number of anilines is 1. The molecule has 0 amide bonds. The number of aromatic nitrogens is 3. The lowest BCUT2D eigenvalue weighted by Gasteiger charge is -2.18. The van der Waals surface area contributed by atoms with Crippen molar-refractivity contribution in [2.24, 2.45) is 5.10 Å². The summed E-state index contributed by atoms with van der Waals surface area (Å²) in [6.45, 7) is 6.39. The van der Waals surface area contributed by atoms with Gasteiger partial charge in [0.05, 0.1) is 19.4 Å². The van der Waals surface area contributed by atoms with Crippen LogP contribution < -0.4 is 9.75 Å². The zero-order valence-electron chi connectivity index (χ0n) is 17.3. The first-order valence-corrected chi connectivity index (χ1v) is 10.7. The molecular formula is C22H22ClN5OS. The highest BCUT2D eigenvalue weighted by Crippen LogP contribution is 2.34. The predicted octanol–water partition coefficient (Wildman–Crippen LogP) is 5.46. The third-order valence-electron chi connectivity index (χ3n) is 4.77. The lowest BCUT2D eigenvalue weighted by molar-refractivity contribution is 0.414. The van der Waals surface area contributed by atoms with Gasteiger partial charge in [-0.3, -0.25) is 4.57 Å². The molecule has 30 heavy (non-hydrogen) atoms. The molecule has 8 heteroatoms. The van der Waals surface area contributed by atoms with Gasteiger partial charge in [0.1, 0.15) is 16.6 Å². The number of rotatable bonds is 5. The van der Waals surface area contributed by atoms with Gasteiger partial charge in [0.25, 0.3) is 5.95 Å². The van der Waals surface area contributed by atoms with E-state index in [9.17, 15) is 0 Å². The van der Waals surface area contributed by atoms with Gasteiger partial charge in [-0.15, -0.1) is 21.5 Å². The summed E-state index contributed by atoms with van der Waals surface area (Å²) < 4.78 is 7.44. The van der Waals surface area contributed by atoms with Crippen molar-refractivity contribution in [2.45, 2.75) is 27.3 Å². The summed E-state index contributed by atoms with van der Waals surface area (Å²) in [4.78, 5) is 0. The molecular weight excluding hydrogens is 418 g/mol. The summed E-state index contributed by atoms with van der Waals surface area (Å²) in [5.41, 5.74) is 4.01. The van der Waals surface area contributed by atoms with Gasteiger partial charge in [0, 0.05) is 10.6 Å². The first-order chi connectivity index (χ1) is 14.5. The summed E-state index contributed by atoms with van der Waals surface area (Å²) in [6, 6.07) is 10.0. The number of fused-ring (bicyclic) bond motifs is 3. The highest BCUT2D eigenvalue weighted by Gasteiger charge is 2.27. The van der Waals surface area contributed by atoms with Gasteiger partial charge in [0.15, 0.2) is 0 Å². The number of benzene rings is 1. The van der Waals surface area contributed by atoms with Gasteiger partial charge in [-0.1, -0.05) is 29.8 Å². The van der Waals surface area contributed by atoms with Crippen molar-refractivity contribution in [2.75, 3.05) is 12.1 Å². The summed E-state index contributed by atoms with van der Waals surface area (Å²) in [5.74, 6) is 2.31. The zero-order chi connectivity index (χ0) is 21.3. The average Bonchev–Trinajstić information content (AvgIpc) is 3.32. The zero-order valence-corrected chi connectivity index (χ0v) is 18.8. The highest BCUT2D eigenvalue weighted by atomic mass is 35.5. The van der Waals surface area contributed by atoms with Crippen LogP contribution in [0, 0.1) is 6.92 Å². The van der Waals surface area contributed by atoms with Crippen LogP contribution in [0.25, 0.3) is 5.00 Å². The maximum Gasteiger partial charge on any atom is 0.253 e. The number of allylic oxidation sites excluding steroid dienone is 4. The third kappa shape index (κ3) is 3.91. The molecule has 0 atom stereocenters. The number of thiophene rings is 1. The average molecular weight is 440 g/mol. The van der Waals surface area contributed by atoms with E-state index < -0.39 is 0 Å². The van der Waals surface area contributed by atoms with E-state index in [2.05, 4.69) is 26.2 Å². The Morgan fingerprint density at radius 1 is 1.20 bits per heavy atom. The largest absolute Gasteiger partial charge is 0.497 e. The lowest BCUT2D eigenvalue weighted by atomic mass is 10.1. The summed E-state index contributed by atoms with van der Waals surface area (Å²) in [5, 5.41) is 19.5. The molecule has 154 valence electrons. The Morgan fingerprint density at radius 2 is 2.03 bits per heavy atom. The fourth-order valence-electron chi connectivity index (χ4n) is 3.29. The standard InChI is InChI=1S/C22H22ClN5OS/c1-14(8-9-15(2)23)20-19-10-11-30-21(19)28-16(3)24-25-22(28)27(26-20)13-17-6-5-7-18(12-17)29-4/h5-12H,13H2,1-4H3/b14-8+,15-9+. The monoisotopic (exact) mass is 439 g/mol. The first kappa shape index (κ1) is 20.4. The van der Waals surface area contributed by atoms with E-state index >= 15 is 0 Å². The maximum atomic E-state index is 6.05. The molecule has 1 aliphatic rings. The molecule has 0 bridgehead atoms. The van der Waals surface area contributed by atoms with Gasteiger partial charge in [-0.05, 0) is 61.6 Å². The van der Waals surface area contributed by atoms with Gasteiger partial charge in [0.2, 0.25) is 0 Å². The molecule has 3 aromatic rings. The SMILES string of the molecule is COc1cccc(CN2N=C(/C(C)=C/C=C(\C)Cl)c3ccsc3-n3c(C)nnc32)c1. The highest BCUT2D eigenvalue weighted by molar-refractivity contribution is 7.13. The minimum absolute atomic E-state index is 0.533. The third-order valence-corrected chi connectivity index (χ3v) is 5.79. The van der Waals surface area contributed by atoms with E-state index in [1.54, 1.807) is 18.4 Å². The van der Waals surface area contributed by atoms with Crippen molar-refractivity contribution in [3.8, 4) is 10.8 Å². The molecule has 0 saturated carbocycles. The van der Waals surface area contributed by atoms with Crippen molar-refractivity contribution in [3.63, 3.8) is 0 Å². The minimum atomic E-state index is 0.533. The number of hydrogen-bond acceptors (Lipinski definition) is 6. The number of hydrogen-bond donors (Lipinski definition) is 0. The van der Waals surface area contributed by atoms with E-state index in [-0.39, 0.29) is 0 Å². The van der Waals surface area contributed by atoms with Gasteiger partial charge in [-0.2, -0.15) is 5.10 Å². The number of nitrogens with zero attached hydrogens (tertiary/aromatic N) is 5. The number of halogens is 1. The summed E-state index contributed by atoms with van der Waals surface area (Å²) >= 11 is 7.69. The van der Waals surface area contributed by atoms with Crippen LogP contribution in [0.5, 0.6) is 5.75 Å². The number of hydrazone groups is 1. The Labute approximate surface area is 184 Å². The molecule has 6 nitrogen and oxygen atoms in total. The Morgan fingerprint density at radius 3 is 2.80 bits per heavy atom. The van der Waals surface area contributed by atoms with Crippen molar-refractivity contribution in [1.82, 2.24) is 14.8 Å². The molecule has 0 spiro atoms. The summed E-state index contributed by atoms with van der Waals surface area (Å²) in [6.07, 6.45) is 3.87. The van der Waals surface area contributed by atoms with E-state index in [4.69, 9.17) is 21.4 Å². The van der Waals surface area contributed by atoms with Gasteiger partial charge < -0.3 is 4.74 Å². The Kier molecular flexibility index (Phi) is 5.74. The van der Waals surface area contributed by atoms with Crippen LogP contribution in [0.3, 0.4) is 0 Å². The second-order valence-electron chi connectivity index (χ2n) is 6.98. The van der Waals surface area contributed by atoms with Crippen LogP contribution in [0.1, 0.15) is 30.8 Å². The topological polar surface area (TPSA) is 55.5 Å². The Hall–Kier alpha value is -2.90. The second kappa shape index (κ2) is 8.45. The van der Waals surface area contributed by atoms with E-state index in [0.717, 1.165) is 44.0 Å². The number of ether oxygens (including phenoxy) is 1. The first-order valence-electron chi connectivity index (χ1n) is 9.48. The Balaban J connectivity index is 1.86. The normalized spacial score (nSPS) is 14.2. The fourth-order valence-corrected chi connectivity index (χ4v) is 4.30. The molecule has 0 radical (unpaired) electrons. The number of methoxy groups -OCH3 is 1. The second-order valence-corrected chi connectivity index (χ2v) is 8.47. The van der Waals surface area contributed by atoms with Gasteiger partial charge in [-0.25, -0.2) is 5.01 Å². The quantitative estimate of drug-likeness (QED) is 0.495.